The van der Waals surface area contributed by atoms with Gasteiger partial charge in [-0.25, -0.2) is 13.1 Å². The molecule has 7 heteroatoms. The summed E-state index contributed by atoms with van der Waals surface area (Å²) in [6.45, 7) is 5.02. The minimum atomic E-state index is -4.61. The molecule has 0 bridgehead atoms. The number of halogens is 3. The summed E-state index contributed by atoms with van der Waals surface area (Å²) in [6, 6.07) is 2.62. The van der Waals surface area contributed by atoms with E-state index < -0.39 is 26.7 Å². The normalized spacial score (nSPS) is 12.5. The summed E-state index contributed by atoms with van der Waals surface area (Å²) in [6.07, 6.45) is -4.61. The maximum Gasteiger partial charge on any atom is 0.416 e. The molecule has 0 fully saturated rings. The smallest absolute Gasteiger partial charge is 0.214 e. The molecule has 0 unspecified atom stereocenters. The number of hydrogen-bond acceptors (Lipinski definition) is 2. The highest BCUT2D eigenvalue weighted by Gasteiger charge is 2.32. The van der Waals surface area contributed by atoms with Crippen molar-refractivity contribution >= 4 is 15.6 Å². The van der Waals surface area contributed by atoms with Crippen molar-refractivity contribution < 1.29 is 21.6 Å². The van der Waals surface area contributed by atoms with Gasteiger partial charge in [0, 0.05) is 0 Å². The van der Waals surface area contributed by atoms with Crippen molar-refractivity contribution in [1.29, 1.82) is 0 Å². The van der Waals surface area contributed by atoms with Crippen molar-refractivity contribution in [2.24, 2.45) is 0 Å². The molecule has 0 aliphatic carbocycles. The fourth-order valence-corrected chi connectivity index (χ4v) is 2.08. The van der Waals surface area contributed by atoms with E-state index in [1.807, 2.05) is 4.72 Å². The molecular formula is C11H12F3NO2S. The molecule has 18 heavy (non-hydrogen) atoms. The van der Waals surface area contributed by atoms with Crippen LogP contribution in [0.25, 0.3) is 5.57 Å². The zero-order chi connectivity index (χ0) is 14.1. The Kier molecular flexibility index (Phi) is 3.87. The average molecular weight is 279 g/mol. The summed E-state index contributed by atoms with van der Waals surface area (Å²) in [5.41, 5.74) is -0.524. The predicted octanol–water partition coefficient (Wildman–Crippen LogP) is 2.65. The van der Waals surface area contributed by atoms with E-state index in [4.69, 9.17) is 0 Å². The molecule has 0 radical (unpaired) electrons. The SMILES string of the molecule is C=C(C)c1cc(C(F)(F)F)cc(S(=O)(=O)NC)c1. The summed E-state index contributed by atoms with van der Waals surface area (Å²) < 4.78 is 63.0. The van der Waals surface area contributed by atoms with Crippen LogP contribution in [0, 0.1) is 0 Å². The van der Waals surface area contributed by atoms with Crippen LogP contribution in [0.5, 0.6) is 0 Å². The molecule has 1 aromatic carbocycles. The first-order valence-electron chi connectivity index (χ1n) is 4.89. The van der Waals surface area contributed by atoms with Gasteiger partial charge in [-0.05, 0) is 37.7 Å². The van der Waals surface area contributed by atoms with Gasteiger partial charge in [0.1, 0.15) is 0 Å². The van der Waals surface area contributed by atoms with Crippen LogP contribution in [0.1, 0.15) is 18.1 Å². The van der Waals surface area contributed by atoms with Gasteiger partial charge in [0.15, 0.2) is 0 Å². The molecule has 0 amide bonds. The van der Waals surface area contributed by atoms with Crippen molar-refractivity contribution in [3.05, 3.63) is 35.9 Å². The molecule has 1 N–H and O–H groups in total. The molecule has 1 rings (SSSR count). The Morgan fingerprint density at radius 1 is 1.28 bits per heavy atom. The first-order valence-corrected chi connectivity index (χ1v) is 6.38. The molecule has 100 valence electrons. The van der Waals surface area contributed by atoms with E-state index in [9.17, 15) is 21.6 Å². The lowest BCUT2D eigenvalue weighted by Crippen LogP contribution is -2.19. The van der Waals surface area contributed by atoms with Gasteiger partial charge in [0.2, 0.25) is 10.0 Å². The van der Waals surface area contributed by atoms with Crippen molar-refractivity contribution in [2.75, 3.05) is 7.05 Å². The highest BCUT2D eigenvalue weighted by Crippen LogP contribution is 2.32. The third-order valence-corrected chi connectivity index (χ3v) is 3.70. The number of alkyl halides is 3. The van der Waals surface area contributed by atoms with E-state index in [1.54, 1.807) is 0 Å². The van der Waals surface area contributed by atoms with Gasteiger partial charge >= 0.3 is 6.18 Å². The van der Waals surface area contributed by atoms with Gasteiger partial charge in [-0.2, -0.15) is 13.2 Å². The predicted molar refractivity (Wildman–Crippen MR) is 62.4 cm³/mol. The Hall–Kier alpha value is -1.34. The third-order valence-electron chi connectivity index (χ3n) is 2.31. The van der Waals surface area contributed by atoms with E-state index in [0.29, 0.717) is 11.6 Å². The summed E-state index contributed by atoms with van der Waals surface area (Å²) >= 11 is 0. The van der Waals surface area contributed by atoms with Crippen molar-refractivity contribution in [3.8, 4) is 0 Å². The fraction of sp³-hybridized carbons (Fsp3) is 0.273. The van der Waals surface area contributed by atoms with Crippen LogP contribution in [0.4, 0.5) is 13.2 Å². The van der Waals surface area contributed by atoms with Crippen LogP contribution < -0.4 is 4.72 Å². The summed E-state index contributed by atoms with van der Waals surface area (Å²) in [5.74, 6) is 0. The Labute approximate surface area is 103 Å². The Balaban J connectivity index is 3.56. The van der Waals surface area contributed by atoms with Crippen LogP contribution in [0.2, 0.25) is 0 Å². The Morgan fingerprint density at radius 3 is 2.22 bits per heavy atom. The van der Waals surface area contributed by atoms with Crippen molar-refractivity contribution in [2.45, 2.75) is 18.0 Å². The second-order valence-electron chi connectivity index (χ2n) is 3.73. The zero-order valence-electron chi connectivity index (χ0n) is 9.80. The average Bonchev–Trinajstić information content (AvgIpc) is 2.27. The molecule has 0 spiro atoms. The molecule has 3 nitrogen and oxygen atoms in total. The standard InChI is InChI=1S/C11H12F3NO2S/c1-7(2)8-4-9(11(12,13)14)6-10(5-8)18(16,17)15-3/h4-6,15H,1H2,2-3H3. The van der Waals surface area contributed by atoms with E-state index in [1.165, 1.54) is 6.92 Å². The van der Waals surface area contributed by atoms with Crippen LogP contribution in [-0.4, -0.2) is 15.5 Å². The lowest BCUT2D eigenvalue weighted by atomic mass is 10.1. The zero-order valence-corrected chi connectivity index (χ0v) is 10.6. The molecule has 1 aromatic rings. The van der Waals surface area contributed by atoms with Crippen LogP contribution >= 0.6 is 0 Å². The highest BCUT2D eigenvalue weighted by molar-refractivity contribution is 7.89. The third kappa shape index (κ3) is 3.11. The lowest BCUT2D eigenvalue weighted by Gasteiger charge is -2.12. The number of rotatable bonds is 3. The summed E-state index contributed by atoms with van der Waals surface area (Å²) in [7, 11) is -2.79. The molecule has 0 aromatic heterocycles. The van der Waals surface area contributed by atoms with Crippen LogP contribution in [-0.2, 0) is 16.2 Å². The molecule has 0 aliphatic rings. The van der Waals surface area contributed by atoms with E-state index in [2.05, 4.69) is 6.58 Å². The largest absolute Gasteiger partial charge is 0.416 e. The van der Waals surface area contributed by atoms with Crippen LogP contribution in [0.15, 0.2) is 29.7 Å². The van der Waals surface area contributed by atoms with Gasteiger partial charge in [0.25, 0.3) is 0 Å². The van der Waals surface area contributed by atoms with Crippen molar-refractivity contribution in [3.63, 3.8) is 0 Å². The van der Waals surface area contributed by atoms with E-state index in [-0.39, 0.29) is 5.56 Å². The molecule has 0 atom stereocenters. The van der Waals surface area contributed by atoms with Gasteiger partial charge in [0.05, 0.1) is 10.5 Å². The highest BCUT2D eigenvalue weighted by atomic mass is 32.2. The molecule has 0 saturated heterocycles. The molecule has 0 aliphatic heterocycles. The van der Waals surface area contributed by atoms with Gasteiger partial charge in [-0.3, -0.25) is 0 Å². The van der Waals surface area contributed by atoms with Crippen LogP contribution in [0.3, 0.4) is 0 Å². The molecule has 0 saturated carbocycles. The van der Waals surface area contributed by atoms with E-state index >= 15 is 0 Å². The topological polar surface area (TPSA) is 46.2 Å². The number of sulfonamides is 1. The fourth-order valence-electron chi connectivity index (χ4n) is 1.28. The lowest BCUT2D eigenvalue weighted by molar-refractivity contribution is -0.137. The molecular weight excluding hydrogens is 267 g/mol. The van der Waals surface area contributed by atoms with Gasteiger partial charge in [-0.15, -0.1) is 0 Å². The Morgan fingerprint density at radius 2 is 1.83 bits per heavy atom. The number of allylic oxidation sites excluding steroid dienone is 1. The van der Waals surface area contributed by atoms with Crippen molar-refractivity contribution in [1.82, 2.24) is 4.72 Å². The maximum absolute atomic E-state index is 12.7. The summed E-state index contributed by atoms with van der Waals surface area (Å²) in [4.78, 5) is -0.433. The quantitative estimate of drug-likeness (QED) is 0.924. The Bertz CT molecular complexity index is 576. The summed E-state index contributed by atoms with van der Waals surface area (Å²) in [5, 5.41) is 0. The minimum Gasteiger partial charge on any atom is -0.214 e. The minimum absolute atomic E-state index is 0.138. The first-order chi connectivity index (χ1) is 8.08. The molecule has 0 heterocycles. The number of nitrogens with one attached hydrogen (secondary N) is 1. The second kappa shape index (κ2) is 4.74. The van der Waals surface area contributed by atoms with Gasteiger partial charge in [-0.1, -0.05) is 12.2 Å². The van der Waals surface area contributed by atoms with Gasteiger partial charge < -0.3 is 0 Å². The van der Waals surface area contributed by atoms with E-state index in [0.717, 1.165) is 19.2 Å². The number of hydrogen-bond donors (Lipinski definition) is 1. The first kappa shape index (κ1) is 14.7. The maximum atomic E-state index is 12.7. The number of benzene rings is 1. The second-order valence-corrected chi connectivity index (χ2v) is 5.62. The monoisotopic (exact) mass is 279 g/mol.